The van der Waals surface area contributed by atoms with Crippen molar-refractivity contribution >= 4 is 62.1 Å². The van der Waals surface area contributed by atoms with Gasteiger partial charge in [0.05, 0.1) is 21.8 Å². The van der Waals surface area contributed by atoms with Gasteiger partial charge in [0.2, 0.25) is 0 Å². The number of aromatic nitrogens is 1. The molecule has 0 N–H and O–H groups in total. The number of hydrogen-bond donors (Lipinski definition) is 1. The van der Waals surface area contributed by atoms with Gasteiger partial charge in [0, 0.05) is 6.42 Å². The van der Waals surface area contributed by atoms with Crippen molar-refractivity contribution < 1.29 is 12.6 Å². The zero-order valence-corrected chi connectivity index (χ0v) is 10.2. The van der Waals surface area contributed by atoms with Gasteiger partial charge in [-0.1, -0.05) is 12.1 Å². The Morgan fingerprint density at radius 2 is 2.06 bits per heavy atom. The van der Waals surface area contributed by atoms with Crippen molar-refractivity contribution in [2.45, 2.75) is 12.8 Å². The van der Waals surface area contributed by atoms with Crippen LogP contribution in [0.2, 0.25) is 0 Å². The van der Waals surface area contributed by atoms with E-state index in [2.05, 4.69) is 9.17 Å². The number of thiazole rings is 1. The third kappa shape index (κ3) is 4.65. The molecule has 0 bridgehead atoms. The van der Waals surface area contributed by atoms with Crippen LogP contribution in [0.3, 0.4) is 0 Å². The third-order valence-electron chi connectivity index (χ3n) is 2.07. The van der Waals surface area contributed by atoms with Gasteiger partial charge in [-0.3, -0.25) is 4.18 Å². The van der Waals surface area contributed by atoms with Gasteiger partial charge in [-0.05, 0) is 18.6 Å². The van der Waals surface area contributed by atoms with E-state index in [-0.39, 0.29) is 36.2 Å². The van der Waals surface area contributed by atoms with Crippen LogP contribution in [0.25, 0.3) is 10.2 Å². The van der Waals surface area contributed by atoms with Crippen LogP contribution in [0.5, 0.6) is 0 Å². The van der Waals surface area contributed by atoms with Crippen LogP contribution in [0.15, 0.2) is 24.3 Å². The fraction of sp³-hybridized carbons (Fsp3) is 0.300. The van der Waals surface area contributed by atoms with E-state index in [9.17, 15) is 8.42 Å². The van der Waals surface area contributed by atoms with Gasteiger partial charge < -0.3 is 0 Å². The van der Waals surface area contributed by atoms with Gasteiger partial charge in [-0.25, -0.2) is 13.4 Å². The van der Waals surface area contributed by atoms with E-state index in [1.54, 1.807) is 11.3 Å². The van der Waals surface area contributed by atoms with E-state index < -0.39 is 11.0 Å². The first-order valence-corrected chi connectivity index (χ1v) is 6.78. The minimum atomic E-state index is -2.72. The number of para-hydroxylation sites is 1. The molecule has 0 fully saturated rings. The molecule has 0 aliphatic rings. The number of aryl methyl sites for hydroxylation is 1. The SMILES string of the molecule is O=[SH](=O)OCCCc1nc2ccccc2s1.[NaH]. The predicted octanol–water partition coefficient (Wildman–Crippen LogP) is 1.12. The second kappa shape index (κ2) is 7.45. The summed E-state index contributed by atoms with van der Waals surface area (Å²) in [4.78, 5) is 4.44. The van der Waals surface area contributed by atoms with Crippen LogP contribution in [-0.2, 0) is 21.6 Å². The van der Waals surface area contributed by atoms with Crippen LogP contribution in [0.4, 0.5) is 0 Å². The summed E-state index contributed by atoms with van der Waals surface area (Å²) in [6, 6.07) is 7.94. The monoisotopic (exact) mass is 281 g/mol. The minimum absolute atomic E-state index is 0. The van der Waals surface area contributed by atoms with Crippen molar-refractivity contribution in [3.8, 4) is 0 Å². The van der Waals surface area contributed by atoms with Crippen LogP contribution < -0.4 is 0 Å². The second-order valence-electron chi connectivity index (χ2n) is 3.24. The van der Waals surface area contributed by atoms with E-state index in [1.165, 1.54) is 0 Å². The maximum absolute atomic E-state index is 10.2. The van der Waals surface area contributed by atoms with E-state index >= 15 is 0 Å². The Labute approximate surface area is 127 Å². The molecule has 2 aromatic rings. The molecule has 0 aliphatic heterocycles. The molecule has 0 radical (unpaired) electrons. The van der Waals surface area contributed by atoms with Gasteiger partial charge in [0.1, 0.15) is 0 Å². The molecule has 7 heteroatoms. The molecule has 0 atom stereocenters. The molecule has 1 heterocycles. The van der Waals surface area contributed by atoms with Crippen molar-refractivity contribution in [3.63, 3.8) is 0 Å². The molecular formula is C10H12NNaO3S2. The summed E-state index contributed by atoms with van der Waals surface area (Å²) < 4.78 is 25.9. The van der Waals surface area contributed by atoms with Gasteiger partial charge in [-0.15, -0.1) is 11.3 Å². The zero-order chi connectivity index (χ0) is 11.4. The standard InChI is InChI=1S/C10H11NO3S2.Na.H/c12-16(13)14-7-3-6-10-11-8-4-1-2-5-9(8)15-10;;/h1-2,4-5,16H,3,6-7H2;;. The Balaban J connectivity index is 0.00000144. The predicted molar refractivity (Wildman–Crippen MR) is 71.4 cm³/mol. The summed E-state index contributed by atoms with van der Waals surface area (Å²) in [5.41, 5.74) is 0.998. The van der Waals surface area contributed by atoms with E-state index in [0.717, 1.165) is 21.6 Å². The van der Waals surface area contributed by atoms with Crippen LogP contribution in [0, 0.1) is 0 Å². The Morgan fingerprint density at radius 1 is 1.29 bits per heavy atom. The number of fused-ring (bicyclic) bond motifs is 1. The summed E-state index contributed by atoms with van der Waals surface area (Å²) in [5.74, 6) is 0. The van der Waals surface area contributed by atoms with Gasteiger partial charge in [-0.2, -0.15) is 0 Å². The number of nitrogens with zero attached hydrogens (tertiary/aromatic N) is 1. The number of hydrogen-bond acceptors (Lipinski definition) is 5. The number of rotatable bonds is 5. The molecule has 0 spiro atoms. The van der Waals surface area contributed by atoms with Crippen molar-refractivity contribution in [3.05, 3.63) is 29.3 Å². The maximum atomic E-state index is 10.2. The molecule has 0 aliphatic carbocycles. The average Bonchev–Trinajstić information content (AvgIpc) is 2.66. The van der Waals surface area contributed by atoms with E-state index in [4.69, 9.17) is 0 Å². The second-order valence-corrected chi connectivity index (χ2v) is 5.06. The van der Waals surface area contributed by atoms with Crippen molar-refractivity contribution in [2.24, 2.45) is 0 Å². The van der Waals surface area contributed by atoms with Gasteiger partial charge in [0.15, 0.2) is 0 Å². The molecular weight excluding hydrogens is 269 g/mol. The van der Waals surface area contributed by atoms with Crippen molar-refractivity contribution in [2.75, 3.05) is 6.61 Å². The molecule has 0 saturated carbocycles. The normalized spacial score (nSPS) is 10.6. The Bertz CT molecular complexity index is 512. The summed E-state index contributed by atoms with van der Waals surface area (Å²) in [6.45, 7) is 0.231. The number of thiol groups is 1. The van der Waals surface area contributed by atoms with Gasteiger partial charge >= 0.3 is 29.6 Å². The molecule has 2 rings (SSSR count). The molecule has 4 nitrogen and oxygen atoms in total. The topological polar surface area (TPSA) is 56.3 Å². The Kier molecular flexibility index (Phi) is 6.61. The van der Waals surface area contributed by atoms with E-state index in [0.29, 0.717) is 6.42 Å². The quantitative estimate of drug-likeness (QED) is 0.507. The Morgan fingerprint density at radius 3 is 2.76 bits per heavy atom. The first-order chi connectivity index (χ1) is 7.75. The van der Waals surface area contributed by atoms with Crippen molar-refractivity contribution in [1.82, 2.24) is 4.98 Å². The molecule has 0 amide bonds. The first-order valence-electron chi connectivity index (χ1n) is 4.87. The molecule has 1 aromatic heterocycles. The number of benzene rings is 1. The summed E-state index contributed by atoms with van der Waals surface area (Å²) in [6.07, 6.45) is 1.42. The first kappa shape index (κ1) is 15.1. The molecule has 0 unspecified atom stereocenters. The third-order valence-corrected chi connectivity index (χ3v) is 3.56. The molecule has 1 aromatic carbocycles. The molecule has 17 heavy (non-hydrogen) atoms. The molecule has 0 saturated heterocycles. The average molecular weight is 281 g/mol. The van der Waals surface area contributed by atoms with Crippen LogP contribution in [0.1, 0.15) is 11.4 Å². The fourth-order valence-corrected chi connectivity index (χ4v) is 2.68. The van der Waals surface area contributed by atoms with E-state index in [1.807, 2.05) is 24.3 Å². The summed E-state index contributed by atoms with van der Waals surface area (Å²) in [5, 5.41) is 1.02. The van der Waals surface area contributed by atoms with Crippen LogP contribution in [-0.4, -0.2) is 49.6 Å². The van der Waals surface area contributed by atoms with Crippen molar-refractivity contribution in [1.29, 1.82) is 0 Å². The Hall–Kier alpha value is 0.0200. The van der Waals surface area contributed by atoms with Gasteiger partial charge in [0.25, 0.3) is 11.0 Å². The molecule has 88 valence electrons. The fourth-order valence-electron chi connectivity index (χ4n) is 1.39. The van der Waals surface area contributed by atoms with Crippen LogP contribution >= 0.6 is 11.3 Å². The zero-order valence-electron chi connectivity index (χ0n) is 8.46. The summed E-state index contributed by atoms with van der Waals surface area (Å²) in [7, 11) is -2.72. The summed E-state index contributed by atoms with van der Waals surface area (Å²) >= 11 is 1.64.